The molecule has 40 heavy (non-hydrogen) atoms. The maximum Gasteiger partial charge on any atom is 0.224 e. The molecule has 11 heteroatoms. The molecule has 6 rings (SSSR count). The number of anilines is 1. The van der Waals surface area contributed by atoms with E-state index in [0.29, 0.717) is 45.3 Å². The zero-order valence-corrected chi connectivity index (χ0v) is 23.2. The first-order valence-corrected chi connectivity index (χ1v) is 13.5. The van der Waals surface area contributed by atoms with Crippen LogP contribution < -0.4 is 5.32 Å². The van der Waals surface area contributed by atoms with Crippen molar-refractivity contribution in [3.8, 4) is 33.1 Å². The molecule has 6 heterocycles. The van der Waals surface area contributed by atoms with E-state index in [-0.39, 0.29) is 17.1 Å². The predicted octanol–water partition coefficient (Wildman–Crippen LogP) is 6.26. The highest BCUT2D eigenvalue weighted by atomic mass is 32.1. The Morgan fingerprint density at radius 3 is 2.60 bits per heavy atom. The van der Waals surface area contributed by atoms with E-state index in [1.807, 2.05) is 51.1 Å². The fraction of sp³-hybridized carbons (Fsp3) is 0.207. The lowest BCUT2D eigenvalue weighted by Gasteiger charge is -2.17. The number of Topliss-reactive ketones (excluding diaryl/α,β-unsaturated/α-hetero) is 1. The summed E-state index contributed by atoms with van der Waals surface area (Å²) in [7, 11) is 0. The van der Waals surface area contributed by atoms with E-state index in [1.165, 1.54) is 11.3 Å². The first-order valence-electron chi connectivity index (χ1n) is 12.7. The highest BCUT2D eigenvalue weighted by molar-refractivity contribution is 7.17. The van der Waals surface area contributed by atoms with Crippen LogP contribution in [0, 0.1) is 5.41 Å². The number of hydrogen-bond donors (Lipinski definition) is 3. The molecule has 0 saturated heterocycles. The number of amides is 1. The molecule has 1 amide bonds. The lowest BCUT2D eigenvalue weighted by atomic mass is 9.92. The molecule has 0 aromatic carbocycles. The van der Waals surface area contributed by atoms with Gasteiger partial charge in [0, 0.05) is 46.6 Å². The number of H-pyrrole nitrogens is 2. The van der Waals surface area contributed by atoms with Gasteiger partial charge in [0.05, 0.1) is 22.1 Å². The van der Waals surface area contributed by atoms with Crippen LogP contribution in [-0.4, -0.2) is 46.8 Å². The Morgan fingerprint density at radius 1 is 1.00 bits per heavy atom. The molecule has 0 radical (unpaired) electrons. The first-order chi connectivity index (χ1) is 19.1. The number of fused-ring (bicyclic) bond motifs is 2. The van der Waals surface area contributed by atoms with Gasteiger partial charge >= 0.3 is 0 Å². The monoisotopic (exact) mass is 550 g/mol. The van der Waals surface area contributed by atoms with Crippen molar-refractivity contribution < 1.29 is 9.59 Å². The van der Waals surface area contributed by atoms with Crippen molar-refractivity contribution in [2.24, 2.45) is 5.41 Å². The van der Waals surface area contributed by atoms with Crippen LogP contribution in [0.3, 0.4) is 0 Å². The molecule has 0 bridgehead atoms. The second-order valence-electron chi connectivity index (χ2n) is 10.8. The summed E-state index contributed by atoms with van der Waals surface area (Å²) in [6.07, 6.45) is 7.22. The predicted molar refractivity (Wildman–Crippen MR) is 156 cm³/mol. The lowest BCUT2D eigenvalue weighted by molar-refractivity contribution is -0.117. The summed E-state index contributed by atoms with van der Waals surface area (Å²) in [5, 5.41) is 11.2. The minimum atomic E-state index is -0.115. The van der Waals surface area contributed by atoms with Gasteiger partial charge in [-0.2, -0.15) is 5.10 Å². The van der Waals surface area contributed by atoms with Crippen molar-refractivity contribution in [2.75, 3.05) is 5.32 Å². The van der Waals surface area contributed by atoms with Crippen LogP contribution in [0.4, 0.5) is 5.69 Å². The van der Waals surface area contributed by atoms with Gasteiger partial charge in [-0.3, -0.25) is 19.7 Å². The van der Waals surface area contributed by atoms with Crippen molar-refractivity contribution in [1.29, 1.82) is 0 Å². The third-order valence-electron chi connectivity index (χ3n) is 6.29. The van der Waals surface area contributed by atoms with Crippen molar-refractivity contribution in [3.05, 3.63) is 60.0 Å². The van der Waals surface area contributed by atoms with Crippen LogP contribution in [0.2, 0.25) is 0 Å². The number of carbonyl (C=O) groups excluding carboxylic acids is 2. The normalized spacial score (nSPS) is 11.8. The van der Waals surface area contributed by atoms with Crippen molar-refractivity contribution in [2.45, 2.75) is 34.1 Å². The van der Waals surface area contributed by atoms with Gasteiger partial charge in [0.2, 0.25) is 5.91 Å². The van der Waals surface area contributed by atoms with Crippen LogP contribution in [0.5, 0.6) is 0 Å². The number of imidazole rings is 1. The Morgan fingerprint density at radius 2 is 1.82 bits per heavy atom. The van der Waals surface area contributed by atoms with Gasteiger partial charge in [0.25, 0.3) is 0 Å². The average molecular weight is 551 g/mol. The fourth-order valence-corrected chi connectivity index (χ4v) is 5.42. The Labute approximate surface area is 233 Å². The average Bonchev–Trinajstić information content (AvgIpc) is 3.65. The number of nitrogens with zero attached hydrogens (tertiary/aromatic N) is 5. The maximum atomic E-state index is 12.4. The second kappa shape index (κ2) is 9.76. The van der Waals surface area contributed by atoms with Gasteiger partial charge in [-0.25, -0.2) is 15.0 Å². The van der Waals surface area contributed by atoms with Gasteiger partial charge < -0.3 is 10.3 Å². The number of carbonyl (C=O) groups is 2. The van der Waals surface area contributed by atoms with Crippen molar-refractivity contribution in [1.82, 2.24) is 35.1 Å². The van der Waals surface area contributed by atoms with Crippen LogP contribution in [0.25, 0.3) is 55.3 Å². The molecule has 0 spiro atoms. The standard InChI is InChI=1S/C29H26N8O2S/c1-15(38)21-5-6-22(40-21)19-7-8-31-27-24(19)34-28(35-27)25-20-10-17(13-32-26(20)37-36-25)16-9-18(14-30-12-16)33-23(39)11-29(2,3)4/h5-10,12-14H,11H2,1-4H3,(H,33,39)(H,31,34,35)(H,32,36,37). The molecular formula is C29H26N8O2S. The topological polar surface area (TPSA) is 142 Å². The van der Waals surface area contributed by atoms with Crippen LogP contribution in [0.15, 0.2) is 55.1 Å². The minimum absolute atomic E-state index is 0.0311. The van der Waals surface area contributed by atoms with Crippen LogP contribution in [-0.2, 0) is 4.79 Å². The highest BCUT2D eigenvalue weighted by Crippen LogP contribution is 2.35. The Balaban J connectivity index is 1.36. The number of aromatic nitrogens is 7. The van der Waals surface area contributed by atoms with Gasteiger partial charge in [0.1, 0.15) is 11.2 Å². The molecule has 0 fully saturated rings. The number of rotatable bonds is 6. The van der Waals surface area contributed by atoms with E-state index in [1.54, 1.807) is 31.7 Å². The van der Waals surface area contributed by atoms with Crippen LogP contribution in [0.1, 0.15) is 43.8 Å². The first kappa shape index (κ1) is 25.5. The van der Waals surface area contributed by atoms with Gasteiger partial charge in [-0.05, 0) is 42.7 Å². The Kier molecular flexibility index (Phi) is 6.22. The lowest BCUT2D eigenvalue weighted by Crippen LogP contribution is -2.19. The quantitative estimate of drug-likeness (QED) is 0.208. The van der Waals surface area contributed by atoms with Crippen LogP contribution >= 0.6 is 11.3 Å². The number of aromatic amines is 2. The molecule has 0 atom stereocenters. The van der Waals surface area contributed by atoms with Gasteiger partial charge in [0.15, 0.2) is 22.9 Å². The second-order valence-corrected chi connectivity index (χ2v) is 11.9. The van der Waals surface area contributed by atoms with Gasteiger partial charge in [-0.15, -0.1) is 11.3 Å². The van der Waals surface area contributed by atoms with E-state index in [9.17, 15) is 9.59 Å². The number of hydrogen-bond acceptors (Lipinski definition) is 8. The summed E-state index contributed by atoms with van der Waals surface area (Å²) in [5.74, 6) is 0.517. The number of thiophene rings is 1. The van der Waals surface area contributed by atoms with Gasteiger partial charge in [-0.1, -0.05) is 20.8 Å². The third kappa shape index (κ3) is 4.98. The minimum Gasteiger partial charge on any atom is -0.325 e. The van der Waals surface area contributed by atoms with Crippen molar-refractivity contribution >= 4 is 50.9 Å². The van der Waals surface area contributed by atoms with E-state index in [0.717, 1.165) is 27.0 Å². The van der Waals surface area contributed by atoms with Crippen molar-refractivity contribution in [3.63, 3.8) is 0 Å². The molecule has 6 aromatic heterocycles. The Bertz CT molecular complexity index is 1910. The Hall–Kier alpha value is -4.77. The molecule has 10 nitrogen and oxygen atoms in total. The summed E-state index contributed by atoms with van der Waals surface area (Å²) < 4.78 is 0. The highest BCUT2D eigenvalue weighted by Gasteiger charge is 2.19. The third-order valence-corrected chi connectivity index (χ3v) is 7.51. The van der Waals surface area contributed by atoms with E-state index in [2.05, 4.69) is 35.5 Å². The molecule has 6 aromatic rings. The van der Waals surface area contributed by atoms with E-state index in [4.69, 9.17) is 4.98 Å². The summed E-state index contributed by atoms with van der Waals surface area (Å²) in [6, 6.07) is 9.50. The van der Waals surface area contributed by atoms with E-state index < -0.39 is 0 Å². The molecule has 0 aliphatic rings. The zero-order valence-electron chi connectivity index (χ0n) is 22.4. The molecule has 3 N–H and O–H groups in total. The number of ketones is 1. The van der Waals surface area contributed by atoms with E-state index >= 15 is 0 Å². The smallest absolute Gasteiger partial charge is 0.224 e. The zero-order chi connectivity index (χ0) is 28.0. The molecule has 200 valence electrons. The molecule has 0 unspecified atom stereocenters. The summed E-state index contributed by atoms with van der Waals surface area (Å²) in [5.41, 5.74) is 5.55. The maximum absolute atomic E-state index is 12.4. The number of pyridine rings is 3. The number of nitrogens with one attached hydrogen (secondary N) is 3. The largest absolute Gasteiger partial charge is 0.325 e. The summed E-state index contributed by atoms with van der Waals surface area (Å²) >= 11 is 1.43. The molecule has 0 aliphatic heterocycles. The summed E-state index contributed by atoms with van der Waals surface area (Å²) in [6.45, 7) is 7.63. The molecule has 0 saturated carbocycles. The molecule has 0 aliphatic carbocycles. The summed E-state index contributed by atoms with van der Waals surface area (Å²) in [4.78, 5) is 47.4. The fourth-order valence-electron chi connectivity index (χ4n) is 4.49. The molecular weight excluding hydrogens is 524 g/mol. The SMILES string of the molecule is CC(=O)c1ccc(-c2ccnc3[nH]c(-c4n[nH]c5ncc(-c6cncc(NC(=O)CC(C)(C)C)c6)cc45)nc23)s1.